The fourth-order valence-corrected chi connectivity index (χ4v) is 2.96. The van der Waals surface area contributed by atoms with E-state index in [1.807, 2.05) is 34.9 Å². The Morgan fingerprint density at radius 1 is 1.36 bits per heavy atom. The summed E-state index contributed by atoms with van der Waals surface area (Å²) < 4.78 is 21.3. The van der Waals surface area contributed by atoms with Gasteiger partial charge in [-0.2, -0.15) is 5.26 Å². The zero-order valence-electron chi connectivity index (χ0n) is 12.0. The third kappa shape index (κ3) is 2.20. The standard InChI is InChI=1S/C16H12FN3OS/c1-21-16-5-3-4-15-19-9-13(20(15)16)10-6-12(17)11(8-18)14(7-10)22-2/h3-7,9H,1-2H3. The summed E-state index contributed by atoms with van der Waals surface area (Å²) in [5, 5.41) is 9.06. The van der Waals surface area contributed by atoms with Crippen molar-refractivity contribution in [3.05, 3.63) is 47.9 Å². The summed E-state index contributed by atoms with van der Waals surface area (Å²) in [6.07, 6.45) is 3.48. The van der Waals surface area contributed by atoms with Crippen LogP contribution in [0.5, 0.6) is 5.88 Å². The largest absolute Gasteiger partial charge is 0.482 e. The van der Waals surface area contributed by atoms with E-state index >= 15 is 0 Å². The Kier molecular flexibility index (Phi) is 3.73. The van der Waals surface area contributed by atoms with Crippen LogP contribution in [0.3, 0.4) is 0 Å². The van der Waals surface area contributed by atoms with Crippen LogP contribution in [0.1, 0.15) is 5.56 Å². The number of fused-ring (bicyclic) bond motifs is 1. The molecule has 3 rings (SSSR count). The molecule has 0 saturated carbocycles. The number of rotatable bonds is 3. The van der Waals surface area contributed by atoms with Gasteiger partial charge in [-0.25, -0.2) is 9.37 Å². The van der Waals surface area contributed by atoms with E-state index in [4.69, 9.17) is 10.00 Å². The summed E-state index contributed by atoms with van der Waals surface area (Å²) in [5.41, 5.74) is 2.14. The van der Waals surface area contributed by atoms with Gasteiger partial charge in [0.2, 0.25) is 0 Å². The van der Waals surface area contributed by atoms with Crippen LogP contribution in [0.15, 0.2) is 41.4 Å². The lowest BCUT2D eigenvalue weighted by Gasteiger charge is -2.09. The minimum absolute atomic E-state index is 0.0667. The first-order valence-electron chi connectivity index (χ1n) is 6.48. The monoisotopic (exact) mass is 313 g/mol. The predicted molar refractivity (Wildman–Crippen MR) is 83.6 cm³/mol. The number of benzene rings is 1. The van der Waals surface area contributed by atoms with Gasteiger partial charge >= 0.3 is 0 Å². The number of nitrogens with zero attached hydrogens (tertiary/aromatic N) is 3. The molecule has 2 aromatic heterocycles. The number of pyridine rings is 1. The van der Waals surface area contributed by atoms with Gasteiger partial charge in [-0.3, -0.25) is 4.40 Å². The Labute approximate surface area is 131 Å². The lowest BCUT2D eigenvalue weighted by Crippen LogP contribution is -1.97. The van der Waals surface area contributed by atoms with E-state index in [1.165, 1.54) is 17.8 Å². The molecule has 0 aliphatic rings. The molecule has 3 aromatic rings. The Balaban J connectivity index is 2.29. The highest BCUT2D eigenvalue weighted by molar-refractivity contribution is 7.98. The number of hydrogen-bond donors (Lipinski definition) is 0. The van der Waals surface area contributed by atoms with Gasteiger partial charge in [0.05, 0.1) is 19.0 Å². The van der Waals surface area contributed by atoms with E-state index < -0.39 is 5.82 Å². The van der Waals surface area contributed by atoms with Crippen molar-refractivity contribution in [2.75, 3.05) is 13.4 Å². The molecule has 0 amide bonds. The van der Waals surface area contributed by atoms with E-state index in [9.17, 15) is 4.39 Å². The molecule has 0 N–H and O–H groups in total. The molecule has 0 fully saturated rings. The van der Waals surface area contributed by atoms with E-state index in [1.54, 1.807) is 19.4 Å². The Morgan fingerprint density at radius 2 is 2.18 bits per heavy atom. The second-order valence-corrected chi connectivity index (χ2v) is 5.40. The van der Waals surface area contributed by atoms with Crippen molar-refractivity contribution >= 4 is 17.4 Å². The topological polar surface area (TPSA) is 50.3 Å². The number of halogens is 1. The quantitative estimate of drug-likeness (QED) is 0.691. The predicted octanol–water partition coefficient (Wildman–Crippen LogP) is 3.74. The van der Waals surface area contributed by atoms with Crippen molar-refractivity contribution in [2.45, 2.75) is 4.90 Å². The molecular formula is C16H12FN3OS. The molecule has 22 heavy (non-hydrogen) atoms. The Bertz CT molecular complexity index is 898. The van der Waals surface area contributed by atoms with Crippen LogP contribution in [-0.4, -0.2) is 22.8 Å². The molecule has 4 nitrogen and oxygen atoms in total. The van der Waals surface area contributed by atoms with E-state index in [0.29, 0.717) is 27.7 Å². The number of nitriles is 1. The molecule has 1 aromatic carbocycles. The second-order valence-electron chi connectivity index (χ2n) is 4.55. The van der Waals surface area contributed by atoms with Crippen molar-refractivity contribution in [2.24, 2.45) is 0 Å². The maximum atomic E-state index is 14.2. The Hall–Kier alpha value is -2.52. The van der Waals surface area contributed by atoms with Gasteiger partial charge in [-0.05, 0) is 30.5 Å². The average Bonchev–Trinajstić information content (AvgIpc) is 2.98. The van der Waals surface area contributed by atoms with Gasteiger partial charge in [0, 0.05) is 10.5 Å². The maximum absolute atomic E-state index is 14.2. The molecule has 6 heteroatoms. The van der Waals surface area contributed by atoms with Crippen molar-refractivity contribution in [1.82, 2.24) is 9.38 Å². The molecule has 110 valence electrons. The van der Waals surface area contributed by atoms with Crippen molar-refractivity contribution in [3.63, 3.8) is 0 Å². The van der Waals surface area contributed by atoms with Gasteiger partial charge in [0.1, 0.15) is 23.1 Å². The number of methoxy groups -OCH3 is 1. The van der Waals surface area contributed by atoms with Crippen LogP contribution in [0.25, 0.3) is 16.9 Å². The molecule has 0 saturated heterocycles. The zero-order valence-corrected chi connectivity index (χ0v) is 12.8. The first-order chi connectivity index (χ1) is 10.7. The van der Waals surface area contributed by atoms with Crippen molar-refractivity contribution < 1.29 is 9.13 Å². The summed E-state index contributed by atoms with van der Waals surface area (Å²) in [4.78, 5) is 4.92. The third-order valence-electron chi connectivity index (χ3n) is 3.38. The van der Waals surface area contributed by atoms with E-state index in [2.05, 4.69) is 4.98 Å². The first kappa shape index (κ1) is 14.4. The second kappa shape index (κ2) is 5.70. The highest BCUT2D eigenvalue weighted by atomic mass is 32.2. The van der Waals surface area contributed by atoms with Crippen LogP contribution in [0.2, 0.25) is 0 Å². The molecule has 0 aliphatic carbocycles. The molecule has 0 atom stereocenters. The number of hydrogen-bond acceptors (Lipinski definition) is 4. The van der Waals surface area contributed by atoms with Gasteiger partial charge in [0.15, 0.2) is 5.88 Å². The van der Waals surface area contributed by atoms with Crippen LogP contribution in [-0.2, 0) is 0 Å². The Morgan fingerprint density at radius 3 is 2.86 bits per heavy atom. The fraction of sp³-hybridized carbons (Fsp3) is 0.125. The summed E-state index contributed by atoms with van der Waals surface area (Å²) in [6, 6.07) is 10.6. The van der Waals surface area contributed by atoms with Crippen LogP contribution < -0.4 is 4.74 Å². The maximum Gasteiger partial charge on any atom is 0.199 e. The van der Waals surface area contributed by atoms with Crippen LogP contribution >= 0.6 is 11.8 Å². The smallest absolute Gasteiger partial charge is 0.199 e. The van der Waals surface area contributed by atoms with Crippen molar-refractivity contribution in [3.8, 4) is 23.2 Å². The summed E-state index contributed by atoms with van der Waals surface area (Å²) in [5.74, 6) is 0.0784. The molecule has 0 aliphatic heterocycles. The summed E-state index contributed by atoms with van der Waals surface area (Å²) >= 11 is 1.34. The SMILES string of the molecule is COc1cccc2ncc(-c3cc(F)c(C#N)c(SC)c3)n12. The first-order valence-corrected chi connectivity index (χ1v) is 7.70. The number of imidazole rings is 1. The molecule has 0 spiro atoms. The molecular weight excluding hydrogens is 301 g/mol. The van der Waals surface area contributed by atoms with Crippen LogP contribution in [0, 0.1) is 17.1 Å². The summed E-state index contributed by atoms with van der Waals surface area (Å²) in [7, 11) is 1.57. The number of thioether (sulfide) groups is 1. The fourth-order valence-electron chi connectivity index (χ4n) is 2.37. The lowest BCUT2D eigenvalue weighted by atomic mass is 10.1. The zero-order chi connectivity index (χ0) is 15.7. The molecule has 0 radical (unpaired) electrons. The average molecular weight is 313 g/mol. The van der Waals surface area contributed by atoms with Gasteiger partial charge in [-0.1, -0.05) is 6.07 Å². The van der Waals surface area contributed by atoms with E-state index in [0.717, 1.165) is 0 Å². The molecule has 0 unspecified atom stereocenters. The normalized spacial score (nSPS) is 10.6. The van der Waals surface area contributed by atoms with E-state index in [-0.39, 0.29) is 5.56 Å². The lowest BCUT2D eigenvalue weighted by molar-refractivity contribution is 0.393. The molecule has 0 bridgehead atoms. The molecule has 2 heterocycles. The number of ether oxygens (including phenoxy) is 1. The summed E-state index contributed by atoms with van der Waals surface area (Å²) in [6.45, 7) is 0. The minimum atomic E-state index is -0.533. The third-order valence-corrected chi connectivity index (χ3v) is 4.15. The minimum Gasteiger partial charge on any atom is -0.482 e. The van der Waals surface area contributed by atoms with Gasteiger partial charge < -0.3 is 4.74 Å². The number of aromatic nitrogens is 2. The highest BCUT2D eigenvalue weighted by Gasteiger charge is 2.15. The van der Waals surface area contributed by atoms with Crippen LogP contribution in [0.4, 0.5) is 4.39 Å². The van der Waals surface area contributed by atoms with Gasteiger partial charge in [0.25, 0.3) is 0 Å². The highest BCUT2D eigenvalue weighted by Crippen LogP contribution is 2.31. The van der Waals surface area contributed by atoms with Crippen molar-refractivity contribution in [1.29, 1.82) is 5.26 Å². The van der Waals surface area contributed by atoms with Gasteiger partial charge in [-0.15, -0.1) is 11.8 Å².